The minimum Gasteiger partial charge on any atom is -0.428 e. The van der Waals surface area contributed by atoms with Crippen LogP contribution in [0.1, 0.15) is 5.56 Å². The summed E-state index contributed by atoms with van der Waals surface area (Å²) in [6.07, 6.45) is -7.03. The summed E-state index contributed by atoms with van der Waals surface area (Å²) in [7, 11) is 0. The molecule has 0 amide bonds. The third kappa shape index (κ3) is 3.68. The average molecular weight is 359 g/mol. The summed E-state index contributed by atoms with van der Waals surface area (Å²) in [6, 6.07) is 6.38. The van der Waals surface area contributed by atoms with E-state index in [1.807, 2.05) is 0 Å². The Morgan fingerprint density at radius 3 is 2.71 bits per heavy atom. The molecule has 0 saturated carbocycles. The highest BCUT2D eigenvalue weighted by Crippen LogP contribution is 2.30. The molecule has 0 aliphatic carbocycles. The van der Waals surface area contributed by atoms with E-state index in [1.165, 1.54) is 12.1 Å². The van der Waals surface area contributed by atoms with Gasteiger partial charge < -0.3 is 9.72 Å². The zero-order valence-corrected chi connectivity index (χ0v) is 12.8. The van der Waals surface area contributed by atoms with E-state index in [0.29, 0.717) is 0 Å². The van der Waals surface area contributed by atoms with Gasteiger partial charge in [0.1, 0.15) is 17.4 Å². The number of thioether (sulfide) groups is 1. The van der Waals surface area contributed by atoms with Crippen LogP contribution in [0.4, 0.5) is 17.6 Å². The van der Waals surface area contributed by atoms with E-state index < -0.39 is 23.8 Å². The molecule has 1 aromatic carbocycles. The molecule has 0 aliphatic heterocycles. The van der Waals surface area contributed by atoms with Gasteiger partial charge >= 0.3 is 12.5 Å². The fraction of sp³-hybridized carbons (Fsp3) is 0.214. The van der Waals surface area contributed by atoms with Crippen LogP contribution in [0.25, 0.3) is 11.3 Å². The highest BCUT2D eigenvalue weighted by atomic mass is 32.2. The van der Waals surface area contributed by atoms with Gasteiger partial charge in [0.2, 0.25) is 0 Å². The fourth-order valence-electron chi connectivity index (χ4n) is 1.77. The van der Waals surface area contributed by atoms with Gasteiger partial charge in [0.15, 0.2) is 5.16 Å². The van der Waals surface area contributed by atoms with Gasteiger partial charge in [-0.15, -0.1) is 0 Å². The van der Waals surface area contributed by atoms with Crippen LogP contribution in [-0.4, -0.2) is 28.8 Å². The first kappa shape index (κ1) is 17.8. The van der Waals surface area contributed by atoms with Gasteiger partial charge in [-0.3, -0.25) is 4.79 Å². The quantitative estimate of drug-likeness (QED) is 0.504. The van der Waals surface area contributed by atoms with Crippen LogP contribution in [0, 0.1) is 11.3 Å². The number of aromatic amines is 1. The normalized spacial score (nSPS) is 11.4. The summed E-state index contributed by atoms with van der Waals surface area (Å²) in [5.41, 5.74) is -0.978. The van der Waals surface area contributed by atoms with Gasteiger partial charge in [-0.2, -0.15) is 22.8 Å². The molecule has 0 atom stereocenters. The number of alkyl halides is 4. The number of aromatic nitrogens is 2. The molecular weight excluding hydrogens is 350 g/mol. The van der Waals surface area contributed by atoms with Crippen molar-refractivity contribution in [2.45, 2.75) is 17.7 Å². The number of hydrogen-bond acceptors (Lipinski definition) is 5. The smallest absolute Gasteiger partial charge is 0.428 e. The Morgan fingerprint density at radius 1 is 1.42 bits per heavy atom. The molecule has 0 saturated heterocycles. The number of hydrogen-bond donors (Lipinski definition) is 1. The molecule has 0 bridgehead atoms. The molecule has 24 heavy (non-hydrogen) atoms. The molecule has 1 heterocycles. The van der Waals surface area contributed by atoms with Crippen molar-refractivity contribution in [3.8, 4) is 23.1 Å². The van der Waals surface area contributed by atoms with Crippen LogP contribution in [-0.2, 0) is 0 Å². The van der Waals surface area contributed by atoms with Crippen molar-refractivity contribution in [2.75, 3.05) is 6.26 Å². The molecule has 2 aromatic rings. The van der Waals surface area contributed by atoms with Gasteiger partial charge in [0, 0.05) is 5.56 Å². The van der Waals surface area contributed by atoms with E-state index in [9.17, 15) is 22.4 Å². The number of nitrogens with one attached hydrogen (secondary N) is 1. The monoisotopic (exact) mass is 359 g/mol. The molecule has 126 valence electrons. The second-order valence-electron chi connectivity index (χ2n) is 4.40. The van der Waals surface area contributed by atoms with Crippen molar-refractivity contribution >= 4 is 11.8 Å². The van der Waals surface area contributed by atoms with Crippen LogP contribution in [0.2, 0.25) is 0 Å². The molecule has 0 aliphatic rings. The maximum absolute atomic E-state index is 13.0. The largest absolute Gasteiger partial charge is 0.461 e. The lowest BCUT2D eigenvalue weighted by molar-refractivity contribution is -0.253. The van der Waals surface area contributed by atoms with E-state index in [0.717, 1.165) is 23.9 Å². The summed E-state index contributed by atoms with van der Waals surface area (Å²) in [5.74, 6) is -0.547. The summed E-state index contributed by atoms with van der Waals surface area (Å²) < 4.78 is 54.4. The third-order valence-corrected chi connectivity index (χ3v) is 3.40. The van der Waals surface area contributed by atoms with Crippen molar-refractivity contribution in [3.05, 3.63) is 40.2 Å². The van der Waals surface area contributed by atoms with Crippen molar-refractivity contribution in [1.82, 2.24) is 9.97 Å². The van der Waals surface area contributed by atoms with Crippen LogP contribution >= 0.6 is 11.8 Å². The van der Waals surface area contributed by atoms with E-state index in [2.05, 4.69) is 14.7 Å². The first-order valence-corrected chi connectivity index (χ1v) is 7.54. The van der Waals surface area contributed by atoms with Crippen LogP contribution in [0.5, 0.6) is 5.75 Å². The van der Waals surface area contributed by atoms with E-state index in [-0.39, 0.29) is 22.0 Å². The Hall–Kier alpha value is -2.54. The number of halogens is 4. The summed E-state index contributed by atoms with van der Waals surface area (Å²) in [6.45, 7) is 0. The van der Waals surface area contributed by atoms with E-state index >= 15 is 0 Å². The Kier molecular flexibility index (Phi) is 5.14. The van der Waals surface area contributed by atoms with E-state index in [1.54, 1.807) is 12.3 Å². The number of ether oxygens (including phenoxy) is 1. The molecule has 0 radical (unpaired) electrons. The molecule has 10 heteroatoms. The maximum atomic E-state index is 13.0. The van der Waals surface area contributed by atoms with Crippen LogP contribution < -0.4 is 10.3 Å². The average Bonchev–Trinajstić information content (AvgIpc) is 2.53. The number of benzene rings is 1. The Labute approximate surface area is 137 Å². The number of rotatable bonds is 5. The standard InChI is InChI=1S/C14H9F4N3O2S/c1-24-13-20-10(9(6-19)11(22)21-13)7-3-2-4-8(5-7)23-14(17,18)12(15)16/h2-5,12H,1H3,(H,20,21,22). The number of nitriles is 1. The summed E-state index contributed by atoms with van der Waals surface area (Å²) in [5, 5.41) is 9.29. The second-order valence-corrected chi connectivity index (χ2v) is 5.20. The van der Waals surface area contributed by atoms with Crippen LogP contribution in [0.15, 0.2) is 34.2 Å². The lowest BCUT2D eigenvalue weighted by Gasteiger charge is -2.17. The highest BCUT2D eigenvalue weighted by molar-refractivity contribution is 7.98. The minimum atomic E-state index is -4.66. The van der Waals surface area contributed by atoms with Crippen molar-refractivity contribution in [3.63, 3.8) is 0 Å². The van der Waals surface area contributed by atoms with Gasteiger partial charge in [-0.25, -0.2) is 4.98 Å². The molecule has 2 rings (SSSR count). The molecule has 0 fully saturated rings. The molecule has 0 unspecified atom stereocenters. The van der Waals surface area contributed by atoms with Crippen molar-refractivity contribution in [1.29, 1.82) is 5.26 Å². The van der Waals surface area contributed by atoms with Gasteiger partial charge in [0.05, 0.1) is 5.69 Å². The van der Waals surface area contributed by atoms with Crippen LogP contribution in [0.3, 0.4) is 0 Å². The Morgan fingerprint density at radius 2 is 2.12 bits per heavy atom. The first-order chi connectivity index (χ1) is 11.3. The third-order valence-electron chi connectivity index (χ3n) is 2.82. The molecule has 1 aromatic heterocycles. The van der Waals surface area contributed by atoms with Crippen molar-refractivity contribution < 1.29 is 22.3 Å². The lowest BCUT2D eigenvalue weighted by atomic mass is 10.1. The van der Waals surface area contributed by atoms with E-state index in [4.69, 9.17) is 5.26 Å². The lowest BCUT2D eigenvalue weighted by Crippen LogP contribution is -2.33. The highest BCUT2D eigenvalue weighted by Gasteiger charge is 2.44. The molecule has 1 N–H and O–H groups in total. The predicted molar refractivity (Wildman–Crippen MR) is 78.4 cm³/mol. The molecule has 0 spiro atoms. The Bertz CT molecular complexity index is 849. The number of H-pyrrole nitrogens is 1. The summed E-state index contributed by atoms with van der Waals surface area (Å²) >= 11 is 1.10. The van der Waals surface area contributed by atoms with Gasteiger partial charge in [-0.05, 0) is 18.4 Å². The molecule has 5 nitrogen and oxygen atoms in total. The first-order valence-electron chi connectivity index (χ1n) is 6.32. The fourth-order valence-corrected chi connectivity index (χ4v) is 2.15. The molecular formula is C14H9F4N3O2S. The second kappa shape index (κ2) is 6.92. The van der Waals surface area contributed by atoms with Gasteiger partial charge in [0.25, 0.3) is 5.56 Å². The van der Waals surface area contributed by atoms with Crippen molar-refractivity contribution in [2.24, 2.45) is 0 Å². The van der Waals surface area contributed by atoms with Gasteiger partial charge in [-0.1, -0.05) is 23.9 Å². The summed E-state index contributed by atoms with van der Waals surface area (Å²) in [4.78, 5) is 18.3. The maximum Gasteiger partial charge on any atom is 0.461 e. The predicted octanol–water partition coefficient (Wildman–Crippen LogP) is 3.27. The Balaban J connectivity index is 2.52. The minimum absolute atomic E-state index is 0.0589. The zero-order valence-electron chi connectivity index (χ0n) is 12.0. The topological polar surface area (TPSA) is 78.8 Å². The zero-order chi connectivity index (χ0) is 17.9. The number of nitrogens with zero attached hydrogens (tertiary/aromatic N) is 2. The SMILES string of the molecule is CSc1nc(-c2cccc(OC(F)(F)C(F)F)c2)c(C#N)c(=O)[nH]1.